The number of hydrogen-bond acceptors (Lipinski definition) is 7. The highest BCUT2D eigenvalue weighted by atomic mass is 32.2. The molecule has 10 heteroatoms. The molecule has 1 aromatic heterocycles. The van der Waals surface area contributed by atoms with Crippen LogP contribution in [0.5, 0.6) is 5.75 Å². The van der Waals surface area contributed by atoms with Gasteiger partial charge in [-0.1, -0.05) is 30.0 Å². The van der Waals surface area contributed by atoms with Gasteiger partial charge in [-0.15, -0.1) is 5.10 Å². The number of methoxy groups -OCH3 is 1. The van der Waals surface area contributed by atoms with E-state index in [9.17, 15) is 14.9 Å². The summed E-state index contributed by atoms with van der Waals surface area (Å²) in [7, 11) is 1.42. The summed E-state index contributed by atoms with van der Waals surface area (Å²) >= 11 is 1.19. The molecule has 0 saturated heterocycles. The van der Waals surface area contributed by atoms with Crippen LogP contribution in [0.1, 0.15) is 24.6 Å². The van der Waals surface area contributed by atoms with Crippen molar-refractivity contribution in [3.05, 3.63) is 64.5 Å². The lowest BCUT2D eigenvalue weighted by Crippen LogP contribution is -2.15. The van der Waals surface area contributed by atoms with Gasteiger partial charge in [-0.2, -0.15) is 0 Å². The van der Waals surface area contributed by atoms with E-state index in [1.54, 1.807) is 6.07 Å². The van der Waals surface area contributed by atoms with Crippen molar-refractivity contribution in [2.45, 2.75) is 23.9 Å². The minimum Gasteiger partial charge on any atom is -0.496 e. The van der Waals surface area contributed by atoms with Crippen LogP contribution in [-0.4, -0.2) is 38.5 Å². The third kappa shape index (κ3) is 4.43. The largest absolute Gasteiger partial charge is 0.496 e. The van der Waals surface area contributed by atoms with Crippen LogP contribution < -0.4 is 10.1 Å². The van der Waals surface area contributed by atoms with E-state index >= 15 is 0 Å². The molecule has 30 heavy (non-hydrogen) atoms. The second-order valence-electron chi connectivity index (χ2n) is 6.75. The Morgan fingerprint density at radius 3 is 2.73 bits per heavy atom. The Labute approximate surface area is 176 Å². The lowest BCUT2D eigenvalue weighted by molar-refractivity contribution is -0.384. The standard InChI is InChI=1S/C20H19N5O4S/c1-29-15-9-10-16(17(11-15)25(27)28)21-18(26)12-30-20-22-19(13-7-8-13)24(23-20)14-5-3-2-4-6-14/h2-6,9-11,13H,7-8,12H2,1H3,(H,21,26). The summed E-state index contributed by atoms with van der Waals surface area (Å²) in [6.07, 6.45) is 2.16. The van der Waals surface area contributed by atoms with Crippen LogP contribution in [-0.2, 0) is 4.79 Å². The smallest absolute Gasteiger partial charge is 0.296 e. The van der Waals surface area contributed by atoms with Crippen molar-refractivity contribution in [2.24, 2.45) is 0 Å². The number of nitrogens with zero attached hydrogens (tertiary/aromatic N) is 4. The van der Waals surface area contributed by atoms with E-state index in [4.69, 9.17) is 4.74 Å². The fourth-order valence-electron chi connectivity index (χ4n) is 2.94. The fourth-order valence-corrected chi connectivity index (χ4v) is 3.57. The zero-order valence-electron chi connectivity index (χ0n) is 16.1. The molecule has 1 aliphatic rings. The second-order valence-corrected chi connectivity index (χ2v) is 7.69. The summed E-state index contributed by atoms with van der Waals surface area (Å²) in [6, 6.07) is 14.0. The molecule has 0 atom stereocenters. The molecule has 0 bridgehead atoms. The van der Waals surface area contributed by atoms with Gasteiger partial charge in [-0.3, -0.25) is 14.9 Å². The maximum atomic E-state index is 12.4. The topological polar surface area (TPSA) is 112 Å². The number of para-hydroxylation sites is 1. The lowest BCUT2D eigenvalue weighted by atomic mass is 10.2. The van der Waals surface area contributed by atoms with E-state index in [0.29, 0.717) is 16.8 Å². The molecule has 1 amide bonds. The second kappa shape index (κ2) is 8.54. The van der Waals surface area contributed by atoms with Crippen LogP contribution in [0.2, 0.25) is 0 Å². The minimum absolute atomic E-state index is 0.0338. The number of nitro groups is 1. The molecule has 0 unspecified atom stereocenters. The normalized spacial score (nSPS) is 13.1. The van der Waals surface area contributed by atoms with Crippen molar-refractivity contribution in [2.75, 3.05) is 18.2 Å². The van der Waals surface area contributed by atoms with Crippen LogP contribution >= 0.6 is 11.8 Å². The van der Waals surface area contributed by atoms with E-state index < -0.39 is 4.92 Å². The summed E-state index contributed by atoms with van der Waals surface area (Å²) in [5.74, 6) is 1.29. The highest BCUT2D eigenvalue weighted by Gasteiger charge is 2.30. The molecule has 1 aliphatic carbocycles. The monoisotopic (exact) mass is 425 g/mol. The number of aromatic nitrogens is 3. The first-order valence-corrected chi connectivity index (χ1v) is 10.3. The average Bonchev–Trinajstić information content (AvgIpc) is 3.52. The number of thioether (sulfide) groups is 1. The number of anilines is 1. The van der Waals surface area contributed by atoms with Crippen LogP contribution in [0.15, 0.2) is 53.7 Å². The number of hydrogen-bond donors (Lipinski definition) is 1. The molecule has 4 rings (SSSR count). The van der Waals surface area contributed by atoms with Crippen molar-refractivity contribution in [1.29, 1.82) is 0 Å². The minimum atomic E-state index is -0.559. The first-order chi connectivity index (χ1) is 14.5. The molecule has 2 aromatic carbocycles. The summed E-state index contributed by atoms with van der Waals surface area (Å²) in [6.45, 7) is 0. The SMILES string of the molecule is COc1ccc(NC(=O)CSc2nc(C3CC3)n(-c3ccccc3)n2)c([N+](=O)[O-])c1. The number of nitro benzene ring substituents is 1. The quantitative estimate of drug-likeness (QED) is 0.332. The number of nitrogens with one attached hydrogen (secondary N) is 1. The van der Waals surface area contributed by atoms with E-state index in [1.165, 1.54) is 31.0 Å². The van der Waals surface area contributed by atoms with Gasteiger partial charge in [0.15, 0.2) is 0 Å². The Bertz CT molecular complexity index is 1080. The molecule has 1 heterocycles. The van der Waals surface area contributed by atoms with E-state index in [1.807, 2.05) is 35.0 Å². The Morgan fingerprint density at radius 2 is 2.07 bits per heavy atom. The van der Waals surface area contributed by atoms with Crippen LogP contribution in [0.4, 0.5) is 11.4 Å². The zero-order chi connectivity index (χ0) is 21.1. The predicted molar refractivity (Wildman–Crippen MR) is 112 cm³/mol. The van der Waals surface area contributed by atoms with E-state index in [-0.39, 0.29) is 23.0 Å². The van der Waals surface area contributed by atoms with Gasteiger partial charge in [0.1, 0.15) is 17.3 Å². The number of benzene rings is 2. The molecule has 1 saturated carbocycles. The maximum Gasteiger partial charge on any atom is 0.296 e. The Hall–Kier alpha value is -3.40. The first kappa shape index (κ1) is 19.9. The fraction of sp³-hybridized carbons (Fsp3) is 0.250. The van der Waals surface area contributed by atoms with Gasteiger partial charge in [0.2, 0.25) is 11.1 Å². The number of carbonyl (C=O) groups excluding carboxylic acids is 1. The van der Waals surface area contributed by atoms with Crippen LogP contribution in [0, 0.1) is 10.1 Å². The van der Waals surface area contributed by atoms with Gasteiger partial charge in [0.05, 0.1) is 29.5 Å². The van der Waals surface area contributed by atoms with Crippen molar-refractivity contribution < 1.29 is 14.5 Å². The van der Waals surface area contributed by atoms with Gasteiger partial charge in [-0.25, -0.2) is 9.67 Å². The highest BCUT2D eigenvalue weighted by Crippen LogP contribution is 2.40. The van der Waals surface area contributed by atoms with Crippen LogP contribution in [0.3, 0.4) is 0 Å². The summed E-state index contributed by atoms with van der Waals surface area (Å²) in [5, 5.41) is 18.9. The molecule has 1 fully saturated rings. The van der Waals surface area contributed by atoms with Gasteiger partial charge in [0.25, 0.3) is 5.69 Å². The Kier molecular flexibility index (Phi) is 5.66. The molecule has 0 aliphatic heterocycles. The molecule has 3 aromatic rings. The zero-order valence-corrected chi connectivity index (χ0v) is 17.0. The number of carbonyl (C=O) groups is 1. The van der Waals surface area contributed by atoms with Gasteiger partial charge < -0.3 is 10.1 Å². The first-order valence-electron chi connectivity index (χ1n) is 9.32. The van der Waals surface area contributed by atoms with Crippen molar-refractivity contribution >= 4 is 29.0 Å². The summed E-state index contributed by atoms with van der Waals surface area (Å²) in [4.78, 5) is 27.7. The Balaban J connectivity index is 1.45. The van der Waals surface area contributed by atoms with E-state index in [0.717, 1.165) is 24.4 Å². The van der Waals surface area contributed by atoms with Crippen molar-refractivity contribution in [3.8, 4) is 11.4 Å². The predicted octanol–water partition coefficient (Wildman–Crippen LogP) is 3.79. The molecular formula is C20H19N5O4S. The third-order valence-corrected chi connectivity index (χ3v) is 5.40. The number of amides is 1. The average molecular weight is 425 g/mol. The maximum absolute atomic E-state index is 12.4. The number of rotatable bonds is 8. The van der Waals surface area contributed by atoms with Crippen LogP contribution in [0.25, 0.3) is 5.69 Å². The molecule has 1 N–H and O–H groups in total. The molecular weight excluding hydrogens is 406 g/mol. The summed E-state index contributed by atoms with van der Waals surface area (Å²) < 4.78 is 6.83. The van der Waals surface area contributed by atoms with Gasteiger partial charge in [0, 0.05) is 5.92 Å². The molecule has 0 spiro atoms. The summed E-state index contributed by atoms with van der Waals surface area (Å²) in [5.41, 5.74) is 0.820. The molecule has 9 nitrogen and oxygen atoms in total. The highest BCUT2D eigenvalue weighted by molar-refractivity contribution is 7.99. The van der Waals surface area contributed by atoms with E-state index in [2.05, 4.69) is 15.4 Å². The van der Waals surface area contributed by atoms with Crippen molar-refractivity contribution in [3.63, 3.8) is 0 Å². The number of ether oxygens (including phenoxy) is 1. The third-order valence-electron chi connectivity index (χ3n) is 4.56. The molecule has 154 valence electrons. The lowest BCUT2D eigenvalue weighted by Gasteiger charge is -2.07. The van der Waals surface area contributed by atoms with Gasteiger partial charge >= 0.3 is 0 Å². The van der Waals surface area contributed by atoms with Gasteiger partial charge in [-0.05, 0) is 37.1 Å². The Morgan fingerprint density at radius 1 is 1.30 bits per heavy atom. The van der Waals surface area contributed by atoms with Crippen molar-refractivity contribution in [1.82, 2.24) is 14.8 Å². The molecule has 0 radical (unpaired) electrons.